The van der Waals surface area contributed by atoms with E-state index in [0.717, 1.165) is 5.56 Å². The molecule has 3 aromatic rings. The molecule has 0 fully saturated rings. The predicted molar refractivity (Wildman–Crippen MR) is 105 cm³/mol. The van der Waals surface area contributed by atoms with Crippen molar-refractivity contribution in [3.05, 3.63) is 77.1 Å². The van der Waals surface area contributed by atoms with Crippen LogP contribution in [0.4, 0.5) is 11.4 Å². The van der Waals surface area contributed by atoms with Crippen molar-refractivity contribution < 1.29 is 14.3 Å². The molecule has 1 aromatic heterocycles. The van der Waals surface area contributed by atoms with Crippen molar-refractivity contribution in [2.45, 2.75) is 6.92 Å². The predicted octanol–water partition coefficient (Wildman–Crippen LogP) is 3.28. The van der Waals surface area contributed by atoms with Crippen LogP contribution in [-0.2, 0) is 4.74 Å². The number of aromatic nitrogens is 1. The second-order valence-corrected chi connectivity index (χ2v) is 6.15. The van der Waals surface area contributed by atoms with Crippen LogP contribution in [0.15, 0.2) is 54.7 Å². The highest BCUT2D eigenvalue weighted by atomic mass is 16.5. The third-order valence-electron chi connectivity index (χ3n) is 4.21. The molecular formula is C21H18N4O3. The fraction of sp³-hybridized carbons (Fsp3) is 0.0952. The van der Waals surface area contributed by atoms with E-state index in [1.165, 1.54) is 17.9 Å². The van der Waals surface area contributed by atoms with E-state index in [2.05, 4.69) is 5.32 Å². The first-order valence-electron chi connectivity index (χ1n) is 8.42. The van der Waals surface area contributed by atoms with Crippen LogP contribution in [0.2, 0.25) is 0 Å². The number of nitrogens with two attached hydrogens (primary N) is 1. The summed E-state index contributed by atoms with van der Waals surface area (Å²) in [5.74, 6) is -0.971. The van der Waals surface area contributed by atoms with Gasteiger partial charge in [-0.25, -0.2) is 4.79 Å². The number of methoxy groups -OCH3 is 1. The zero-order valence-electron chi connectivity index (χ0n) is 15.4. The molecule has 1 heterocycles. The molecule has 0 saturated heterocycles. The number of nitrogen functional groups attached to an aromatic ring is 1. The number of carbonyl (C=O) groups is 2. The number of anilines is 2. The van der Waals surface area contributed by atoms with E-state index in [1.807, 2.05) is 31.2 Å². The van der Waals surface area contributed by atoms with Crippen molar-refractivity contribution in [2.75, 3.05) is 18.2 Å². The molecule has 0 saturated carbocycles. The summed E-state index contributed by atoms with van der Waals surface area (Å²) in [5.41, 5.74) is 8.74. The largest absolute Gasteiger partial charge is 0.464 e. The molecule has 3 rings (SSSR count). The van der Waals surface area contributed by atoms with Gasteiger partial charge in [0, 0.05) is 23.1 Å². The minimum atomic E-state index is -0.673. The molecule has 140 valence electrons. The zero-order chi connectivity index (χ0) is 20.3. The van der Waals surface area contributed by atoms with Crippen molar-refractivity contribution in [3.63, 3.8) is 0 Å². The number of nitrogens with zero attached hydrogens (tertiary/aromatic N) is 2. The standard InChI is InChI=1S/C21H18N4O3/c1-13-5-3-7-16(9-13)24-20(26)14-6-4-8-17(10-14)25-12-15(11-22)18(23)19(25)21(27)28-2/h3-10,12H,23H2,1-2H3,(H,24,26). The number of aryl methyl sites for hydroxylation is 1. The van der Waals surface area contributed by atoms with Gasteiger partial charge >= 0.3 is 5.97 Å². The lowest BCUT2D eigenvalue weighted by molar-refractivity contribution is 0.0593. The van der Waals surface area contributed by atoms with Crippen molar-refractivity contribution in [1.29, 1.82) is 5.26 Å². The first-order chi connectivity index (χ1) is 13.4. The van der Waals surface area contributed by atoms with Crippen molar-refractivity contribution in [1.82, 2.24) is 4.57 Å². The number of rotatable bonds is 4. The number of hydrogen-bond donors (Lipinski definition) is 2. The highest BCUT2D eigenvalue weighted by Gasteiger charge is 2.22. The molecule has 3 N–H and O–H groups in total. The molecule has 7 nitrogen and oxygen atoms in total. The Kier molecular flexibility index (Phi) is 5.14. The molecule has 0 bridgehead atoms. The van der Waals surface area contributed by atoms with Gasteiger partial charge in [-0.1, -0.05) is 18.2 Å². The summed E-state index contributed by atoms with van der Waals surface area (Å²) in [6.07, 6.45) is 1.44. The summed E-state index contributed by atoms with van der Waals surface area (Å²) in [6, 6.07) is 16.1. The third-order valence-corrected chi connectivity index (χ3v) is 4.21. The highest BCUT2D eigenvalue weighted by Crippen LogP contribution is 2.25. The van der Waals surface area contributed by atoms with Gasteiger partial charge in [0.2, 0.25) is 0 Å². The maximum absolute atomic E-state index is 12.6. The minimum absolute atomic E-state index is 0.0314. The first-order valence-corrected chi connectivity index (χ1v) is 8.42. The zero-order valence-corrected chi connectivity index (χ0v) is 15.4. The van der Waals surface area contributed by atoms with Gasteiger partial charge < -0.3 is 20.4 Å². The molecule has 0 aliphatic rings. The van der Waals surface area contributed by atoms with E-state index in [1.54, 1.807) is 30.3 Å². The quantitative estimate of drug-likeness (QED) is 0.681. The molecule has 7 heteroatoms. The monoisotopic (exact) mass is 374 g/mol. The number of ether oxygens (including phenoxy) is 1. The molecule has 0 spiro atoms. The number of hydrogen-bond acceptors (Lipinski definition) is 5. The number of carbonyl (C=O) groups excluding carboxylic acids is 2. The summed E-state index contributed by atoms with van der Waals surface area (Å²) < 4.78 is 6.22. The summed E-state index contributed by atoms with van der Waals surface area (Å²) >= 11 is 0. The second kappa shape index (κ2) is 7.68. The molecule has 0 aliphatic carbocycles. The SMILES string of the molecule is COC(=O)c1c(N)c(C#N)cn1-c1cccc(C(=O)Nc2cccc(C)c2)c1. The summed E-state index contributed by atoms with van der Waals surface area (Å²) in [6.45, 7) is 1.94. The van der Waals surface area contributed by atoms with Gasteiger partial charge in [0.15, 0.2) is 5.69 Å². The van der Waals surface area contributed by atoms with Gasteiger partial charge in [-0.15, -0.1) is 0 Å². The third kappa shape index (κ3) is 3.57. The molecular weight excluding hydrogens is 356 g/mol. The Labute approximate surface area is 162 Å². The Hall–Kier alpha value is -4.05. The van der Waals surface area contributed by atoms with Crippen molar-refractivity contribution in [2.24, 2.45) is 0 Å². The Morgan fingerprint density at radius 3 is 2.61 bits per heavy atom. The second-order valence-electron chi connectivity index (χ2n) is 6.15. The summed E-state index contributed by atoms with van der Waals surface area (Å²) in [7, 11) is 1.23. The van der Waals surface area contributed by atoms with Gasteiger partial charge in [0.05, 0.1) is 18.4 Å². The lowest BCUT2D eigenvalue weighted by atomic mass is 10.1. The number of nitrogens with one attached hydrogen (secondary N) is 1. The van der Waals surface area contributed by atoms with Crippen LogP contribution in [0.1, 0.15) is 32.0 Å². The molecule has 2 aromatic carbocycles. The maximum Gasteiger partial charge on any atom is 0.357 e. The van der Waals surface area contributed by atoms with Gasteiger partial charge in [-0.2, -0.15) is 5.26 Å². The number of benzene rings is 2. The average Bonchev–Trinajstić information content (AvgIpc) is 3.04. The minimum Gasteiger partial charge on any atom is -0.464 e. The summed E-state index contributed by atoms with van der Waals surface area (Å²) in [5, 5.41) is 12.1. The lowest BCUT2D eigenvalue weighted by Gasteiger charge is -2.11. The van der Waals surface area contributed by atoms with Crippen molar-refractivity contribution in [3.8, 4) is 11.8 Å². The van der Waals surface area contributed by atoms with Gasteiger partial charge in [0.25, 0.3) is 5.91 Å². The normalized spacial score (nSPS) is 10.2. The Balaban J connectivity index is 1.99. The van der Waals surface area contributed by atoms with E-state index in [9.17, 15) is 14.9 Å². The first kappa shape index (κ1) is 18.7. The van der Waals surface area contributed by atoms with Crippen LogP contribution >= 0.6 is 0 Å². The number of esters is 1. The maximum atomic E-state index is 12.6. The van der Waals surface area contributed by atoms with Crippen molar-refractivity contribution >= 4 is 23.3 Å². The molecule has 0 aliphatic heterocycles. The van der Waals surface area contributed by atoms with Crippen LogP contribution in [0, 0.1) is 18.3 Å². The average molecular weight is 374 g/mol. The van der Waals surface area contributed by atoms with Crippen LogP contribution in [0.5, 0.6) is 0 Å². The molecule has 1 amide bonds. The van der Waals surface area contributed by atoms with Gasteiger partial charge in [-0.3, -0.25) is 4.79 Å². The van der Waals surface area contributed by atoms with Crippen LogP contribution in [0.3, 0.4) is 0 Å². The Morgan fingerprint density at radius 2 is 1.93 bits per heavy atom. The Morgan fingerprint density at radius 1 is 1.18 bits per heavy atom. The highest BCUT2D eigenvalue weighted by molar-refractivity contribution is 6.04. The van der Waals surface area contributed by atoms with E-state index >= 15 is 0 Å². The van der Waals surface area contributed by atoms with E-state index < -0.39 is 5.97 Å². The lowest BCUT2D eigenvalue weighted by Crippen LogP contribution is -2.14. The molecule has 28 heavy (non-hydrogen) atoms. The molecule has 0 radical (unpaired) electrons. The van der Waals surface area contributed by atoms with E-state index in [0.29, 0.717) is 16.9 Å². The van der Waals surface area contributed by atoms with Crippen LogP contribution in [-0.4, -0.2) is 23.6 Å². The van der Waals surface area contributed by atoms with Gasteiger partial charge in [0.1, 0.15) is 6.07 Å². The van der Waals surface area contributed by atoms with Crippen LogP contribution in [0.25, 0.3) is 5.69 Å². The van der Waals surface area contributed by atoms with Gasteiger partial charge in [-0.05, 0) is 42.8 Å². The smallest absolute Gasteiger partial charge is 0.357 e. The molecule has 0 unspecified atom stereocenters. The number of nitriles is 1. The topological polar surface area (TPSA) is 110 Å². The molecule has 0 atom stereocenters. The van der Waals surface area contributed by atoms with E-state index in [-0.39, 0.29) is 22.9 Å². The Bertz CT molecular complexity index is 1110. The fourth-order valence-corrected chi connectivity index (χ4v) is 2.84. The number of amides is 1. The fourth-order valence-electron chi connectivity index (χ4n) is 2.84. The summed E-state index contributed by atoms with van der Waals surface area (Å²) in [4.78, 5) is 24.8. The van der Waals surface area contributed by atoms with Crippen LogP contribution < -0.4 is 11.1 Å². The van der Waals surface area contributed by atoms with E-state index in [4.69, 9.17) is 10.5 Å².